The van der Waals surface area contributed by atoms with Crippen LogP contribution in [0.3, 0.4) is 0 Å². The number of nitrogens with zero attached hydrogens (tertiary/aromatic N) is 2. The standard InChI is InChI=1S/C14H11ClN2S/c1-2-9-6-10-4-3-5-11(15)13(10)17-14(9)12-7-18-8-16-12/h3-8H,2H2,1H3. The van der Waals surface area contributed by atoms with Crippen molar-refractivity contribution in [3.63, 3.8) is 0 Å². The Labute approximate surface area is 114 Å². The largest absolute Gasteiger partial charge is 0.244 e. The fourth-order valence-electron chi connectivity index (χ4n) is 2.03. The van der Waals surface area contributed by atoms with Crippen LogP contribution in [0.15, 0.2) is 35.2 Å². The van der Waals surface area contributed by atoms with Crippen LogP contribution < -0.4 is 0 Å². The molecule has 0 bridgehead atoms. The van der Waals surface area contributed by atoms with Crippen molar-refractivity contribution in [1.29, 1.82) is 0 Å². The first-order valence-electron chi connectivity index (χ1n) is 5.76. The highest BCUT2D eigenvalue weighted by Gasteiger charge is 2.11. The predicted octanol–water partition coefficient (Wildman–Crippen LogP) is 4.57. The van der Waals surface area contributed by atoms with Gasteiger partial charge >= 0.3 is 0 Å². The minimum atomic E-state index is 0.687. The average molecular weight is 275 g/mol. The number of hydrogen-bond donors (Lipinski definition) is 0. The van der Waals surface area contributed by atoms with Crippen LogP contribution in [0.25, 0.3) is 22.3 Å². The lowest BCUT2D eigenvalue weighted by Crippen LogP contribution is -1.94. The lowest BCUT2D eigenvalue weighted by atomic mass is 10.1. The molecule has 18 heavy (non-hydrogen) atoms. The van der Waals surface area contributed by atoms with Crippen molar-refractivity contribution in [2.24, 2.45) is 0 Å². The van der Waals surface area contributed by atoms with Crippen molar-refractivity contribution in [3.8, 4) is 11.4 Å². The third-order valence-corrected chi connectivity index (χ3v) is 3.82. The van der Waals surface area contributed by atoms with Crippen molar-refractivity contribution in [2.75, 3.05) is 0 Å². The zero-order chi connectivity index (χ0) is 12.5. The van der Waals surface area contributed by atoms with Crippen molar-refractivity contribution in [3.05, 3.63) is 45.7 Å². The summed E-state index contributed by atoms with van der Waals surface area (Å²) in [4.78, 5) is 9.04. The Balaban J connectivity index is 2.33. The van der Waals surface area contributed by atoms with Crippen LogP contribution in [0.1, 0.15) is 12.5 Å². The first-order chi connectivity index (χ1) is 8.79. The SMILES string of the molecule is CCc1cc2cccc(Cl)c2nc1-c1cscn1. The monoisotopic (exact) mass is 274 g/mol. The van der Waals surface area contributed by atoms with Crippen LogP contribution in [0.2, 0.25) is 5.02 Å². The van der Waals surface area contributed by atoms with Gasteiger partial charge in [-0.25, -0.2) is 9.97 Å². The van der Waals surface area contributed by atoms with E-state index in [2.05, 4.69) is 18.0 Å². The Bertz CT molecular complexity index is 692. The Hall–Kier alpha value is -1.45. The molecule has 0 aliphatic heterocycles. The van der Waals surface area contributed by atoms with Gasteiger partial charge in [0, 0.05) is 10.8 Å². The van der Waals surface area contributed by atoms with Crippen LogP contribution in [0, 0.1) is 0 Å². The highest BCUT2D eigenvalue weighted by atomic mass is 35.5. The smallest absolute Gasteiger partial charge is 0.0998 e. The normalized spacial score (nSPS) is 11.0. The summed E-state index contributed by atoms with van der Waals surface area (Å²) in [5.41, 5.74) is 5.75. The molecule has 0 fully saturated rings. The number of thiazole rings is 1. The fraction of sp³-hybridized carbons (Fsp3) is 0.143. The van der Waals surface area contributed by atoms with Gasteiger partial charge in [0.25, 0.3) is 0 Å². The Morgan fingerprint density at radius 1 is 1.33 bits per heavy atom. The molecule has 3 aromatic rings. The van der Waals surface area contributed by atoms with Gasteiger partial charge in [0.15, 0.2) is 0 Å². The number of benzene rings is 1. The summed E-state index contributed by atoms with van der Waals surface area (Å²) in [5.74, 6) is 0. The van der Waals surface area contributed by atoms with E-state index in [0.29, 0.717) is 5.02 Å². The summed E-state index contributed by atoms with van der Waals surface area (Å²) >= 11 is 7.78. The molecule has 3 rings (SSSR count). The van der Waals surface area contributed by atoms with Gasteiger partial charge in [0.2, 0.25) is 0 Å². The van der Waals surface area contributed by atoms with Gasteiger partial charge in [-0.05, 0) is 24.1 Å². The second kappa shape index (κ2) is 4.67. The predicted molar refractivity (Wildman–Crippen MR) is 77.2 cm³/mol. The van der Waals surface area contributed by atoms with Crippen molar-refractivity contribution in [2.45, 2.75) is 13.3 Å². The zero-order valence-corrected chi connectivity index (χ0v) is 11.4. The van der Waals surface area contributed by atoms with Crippen molar-refractivity contribution < 1.29 is 0 Å². The molecular formula is C14H11ClN2S. The summed E-state index contributed by atoms with van der Waals surface area (Å²) in [6, 6.07) is 8.02. The van der Waals surface area contributed by atoms with Crippen LogP contribution >= 0.6 is 22.9 Å². The minimum absolute atomic E-state index is 0.687. The molecule has 0 aliphatic rings. The maximum atomic E-state index is 6.21. The summed E-state index contributed by atoms with van der Waals surface area (Å²) in [7, 11) is 0. The van der Waals surface area contributed by atoms with E-state index in [-0.39, 0.29) is 0 Å². The first-order valence-corrected chi connectivity index (χ1v) is 7.08. The van der Waals surface area contributed by atoms with E-state index in [4.69, 9.17) is 16.6 Å². The van der Waals surface area contributed by atoms with Gasteiger partial charge < -0.3 is 0 Å². The molecule has 90 valence electrons. The average Bonchev–Trinajstić information content (AvgIpc) is 2.91. The highest BCUT2D eigenvalue weighted by Crippen LogP contribution is 2.29. The summed E-state index contributed by atoms with van der Waals surface area (Å²) in [5, 5.41) is 3.79. The van der Waals surface area contributed by atoms with Gasteiger partial charge in [-0.15, -0.1) is 11.3 Å². The van der Waals surface area contributed by atoms with Crippen LogP contribution in [0.4, 0.5) is 0 Å². The number of para-hydroxylation sites is 1. The number of aryl methyl sites for hydroxylation is 1. The van der Waals surface area contributed by atoms with Gasteiger partial charge in [-0.2, -0.15) is 0 Å². The Kier molecular flexibility index (Phi) is 3.02. The summed E-state index contributed by atoms with van der Waals surface area (Å²) in [6.07, 6.45) is 0.933. The molecule has 0 N–H and O–H groups in total. The number of halogens is 1. The molecular weight excluding hydrogens is 264 g/mol. The highest BCUT2D eigenvalue weighted by molar-refractivity contribution is 7.07. The minimum Gasteiger partial charge on any atom is -0.244 e. The topological polar surface area (TPSA) is 25.8 Å². The van der Waals surface area contributed by atoms with Crippen LogP contribution in [-0.2, 0) is 6.42 Å². The van der Waals surface area contributed by atoms with E-state index < -0.39 is 0 Å². The summed E-state index contributed by atoms with van der Waals surface area (Å²) in [6.45, 7) is 2.13. The molecule has 0 saturated heterocycles. The number of rotatable bonds is 2. The molecule has 4 heteroatoms. The molecule has 0 saturated carbocycles. The molecule has 0 atom stereocenters. The molecule has 2 heterocycles. The Morgan fingerprint density at radius 3 is 2.94 bits per heavy atom. The van der Waals surface area contributed by atoms with Crippen molar-refractivity contribution in [1.82, 2.24) is 9.97 Å². The second-order valence-electron chi connectivity index (χ2n) is 4.03. The first kappa shape index (κ1) is 11.6. The maximum Gasteiger partial charge on any atom is 0.0998 e. The molecule has 0 spiro atoms. The number of pyridine rings is 1. The third-order valence-electron chi connectivity index (χ3n) is 2.93. The number of hydrogen-bond acceptors (Lipinski definition) is 3. The molecule has 2 aromatic heterocycles. The molecule has 0 radical (unpaired) electrons. The van der Waals surface area contributed by atoms with Gasteiger partial charge in [-0.1, -0.05) is 30.7 Å². The quantitative estimate of drug-likeness (QED) is 0.684. The van der Waals surface area contributed by atoms with Crippen molar-refractivity contribution >= 4 is 33.8 Å². The summed E-state index contributed by atoms with van der Waals surface area (Å²) < 4.78 is 0. The Morgan fingerprint density at radius 2 is 2.22 bits per heavy atom. The van der Waals surface area contributed by atoms with E-state index in [1.807, 2.05) is 29.1 Å². The number of aromatic nitrogens is 2. The molecule has 0 amide bonds. The molecule has 1 aromatic carbocycles. The van der Waals surface area contributed by atoms with Gasteiger partial charge in [0.05, 0.1) is 27.4 Å². The van der Waals surface area contributed by atoms with E-state index >= 15 is 0 Å². The fourth-order valence-corrected chi connectivity index (χ4v) is 2.79. The van der Waals surface area contributed by atoms with E-state index in [1.54, 1.807) is 11.3 Å². The van der Waals surface area contributed by atoms with E-state index in [9.17, 15) is 0 Å². The van der Waals surface area contributed by atoms with Crippen LogP contribution in [-0.4, -0.2) is 9.97 Å². The lowest BCUT2D eigenvalue weighted by molar-refractivity contribution is 1.12. The molecule has 2 nitrogen and oxygen atoms in total. The van der Waals surface area contributed by atoms with E-state index in [0.717, 1.165) is 28.7 Å². The lowest BCUT2D eigenvalue weighted by Gasteiger charge is -2.08. The second-order valence-corrected chi connectivity index (χ2v) is 5.16. The molecule has 0 aliphatic carbocycles. The van der Waals surface area contributed by atoms with Gasteiger partial charge in [0.1, 0.15) is 0 Å². The molecule has 0 unspecified atom stereocenters. The zero-order valence-electron chi connectivity index (χ0n) is 9.85. The van der Waals surface area contributed by atoms with E-state index in [1.165, 1.54) is 5.56 Å². The van der Waals surface area contributed by atoms with Gasteiger partial charge in [-0.3, -0.25) is 0 Å². The number of fused-ring (bicyclic) bond motifs is 1. The maximum absolute atomic E-state index is 6.21. The van der Waals surface area contributed by atoms with Crippen LogP contribution in [0.5, 0.6) is 0 Å². The third kappa shape index (κ3) is 1.89.